The minimum atomic E-state index is -0.524. The Morgan fingerprint density at radius 2 is 1.80 bits per heavy atom. The number of likely N-dealkylation sites (tertiary alicyclic amines) is 1. The third-order valence-electron chi connectivity index (χ3n) is 5.92. The predicted octanol–water partition coefficient (Wildman–Crippen LogP) is 3.06. The number of nitrogens with zero attached hydrogens (tertiary/aromatic N) is 1. The quantitative estimate of drug-likeness (QED) is 0.837. The number of piperidine rings is 1. The summed E-state index contributed by atoms with van der Waals surface area (Å²) in [4.78, 5) is 14.7. The van der Waals surface area contributed by atoms with Gasteiger partial charge in [-0.25, -0.2) is 0 Å². The van der Waals surface area contributed by atoms with Crippen LogP contribution in [0.2, 0.25) is 0 Å². The normalized spacial score (nSPS) is 27.2. The highest BCUT2D eigenvalue weighted by Gasteiger charge is 2.34. The highest BCUT2D eigenvalue weighted by molar-refractivity contribution is 5.79. The highest BCUT2D eigenvalue weighted by Crippen LogP contribution is 2.38. The molecule has 5 nitrogen and oxygen atoms in total. The zero-order valence-corrected chi connectivity index (χ0v) is 14.7. The molecule has 0 aromatic heterocycles. The molecule has 0 bridgehead atoms. The predicted molar refractivity (Wildman–Crippen MR) is 93.7 cm³/mol. The number of hydrogen-bond acceptors (Lipinski definition) is 4. The van der Waals surface area contributed by atoms with Crippen molar-refractivity contribution >= 4 is 5.91 Å². The third-order valence-corrected chi connectivity index (χ3v) is 5.92. The smallest absolute Gasteiger partial charge is 0.231 e. The van der Waals surface area contributed by atoms with Crippen LogP contribution in [0.15, 0.2) is 18.2 Å². The maximum atomic E-state index is 12.8. The first-order valence-corrected chi connectivity index (χ1v) is 9.59. The summed E-state index contributed by atoms with van der Waals surface area (Å²) in [6, 6.07) is 5.89. The molecular formula is C20H27NO4. The van der Waals surface area contributed by atoms with Crippen LogP contribution < -0.4 is 9.47 Å². The number of β-amino-alcohol motifs (C(OH)–C–C–N with tert-alkyl or cyclic N) is 1. The number of benzene rings is 1. The first kappa shape index (κ1) is 16.7. The standard InChI is InChI=1S/C20H27NO4/c22-17-12-21(20(23)14-5-3-1-2-4-6-14)10-9-16(17)15-7-8-18-19(11-15)25-13-24-18/h7-8,11,14,16-17,22H,1-6,9-10,12-13H2/t16-,17+/m0/s1. The summed E-state index contributed by atoms with van der Waals surface area (Å²) < 4.78 is 10.8. The number of carbonyl (C=O) groups excluding carboxylic acids is 1. The Balaban J connectivity index is 1.41. The van der Waals surface area contributed by atoms with Gasteiger partial charge in [-0.1, -0.05) is 31.7 Å². The molecule has 4 rings (SSSR count). The van der Waals surface area contributed by atoms with Gasteiger partial charge in [0.25, 0.3) is 0 Å². The molecular weight excluding hydrogens is 318 g/mol. The topological polar surface area (TPSA) is 59.0 Å². The molecule has 2 aliphatic heterocycles. The number of carbonyl (C=O) groups is 1. The van der Waals surface area contributed by atoms with E-state index < -0.39 is 6.10 Å². The van der Waals surface area contributed by atoms with Gasteiger partial charge in [0.1, 0.15) is 0 Å². The van der Waals surface area contributed by atoms with E-state index in [4.69, 9.17) is 9.47 Å². The van der Waals surface area contributed by atoms with Crippen LogP contribution in [0.3, 0.4) is 0 Å². The first-order chi connectivity index (χ1) is 12.2. The zero-order chi connectivity index (χ0) is 17.2. The van der Waals surface area contributed by atoms with Crippen LogP contribution in [0.5, 0.6) is 11.5 Å². The lowest BCUT2D eigenvalue weighted by Gasteiger charge is -2.37. The molecule has 136 valence electrons. The number of ether oxygens (including phenoxy) is 2. The molecule has 2 atom stereocenters. The minimum absolute atomic E-state index is 0.0488. The van der Waals surface area contributed by atoms with Gasteiger partial charge >= 0.3 is 0 Å². The molecule has 0 radical (unpaired) electrons. The molecule has 1 saturated heterocycles. The maximum absolute atomic E-state index is 12.8. The average Bonchev–Trinajstić information content (AvgIpc) is 2.93. The third kappa shape index (κ3) is 3.47. The van der Waals surface area contributed by atoms with Gasteiger partial charge in [0.2, 0.25) is 12.7 Å². The first-order valence-electron chi connectivity index (χ1n) is 9.59. The van der Waals surface area contributed by atoms with E-state index >= 15 is 0 Å². The number of aliphatic hydroxyl groups excluding tert-OH is 1. The summed E-state index contributed by atoms with van der Waals surface area (Å²) in [6.07, 6.45) is 7.10. The van der Waals surface area contributed by atoms with E-state index in [1.807, 2.05) is 23.1 Å². The lowest BCUT2D eigenvalue weighted by Crippen LogP contribution is -2.47. The number of hydrogen-bond donors (Lipinski definition) is 1. The van der Waals surface area contributed by atoms with Crippen molar-refractivity contribution in [1.29, 1.82) is 0 Å². The van der Waals surface area contributed by atoms with Crippen LogP contribution in [0.25, 0.3) is 0 Å². The summed E-state index contributed by atoms with van der Waals surface area (Å²) in [7, 11) is 0. The second-order valence-electron chi connectivity index (χ2n) is 7.55. The van der Waals surface area contributed by atoms with Crippen molar-refractivity contribution in [3.05, 3.63) is 23.8 Å². The number of amides is 1. The second-order valence-corrected chi connectivity index (χ2v) is 7.55. The molecule has 25 heavy (non-hydrogen) atoms. The molecule has 1 aromatic carbocycles. The van der Waals surface area contributed by atoms with Crippen molar-refractivity contribution < 1.29 is 19.4 Å². The van der Waals surface area contributed by atoms with E-state index in [0.29, 0.717) is 6.54 Å². The molecule has 3 aliphatic rings. The van der Waals surface area contributed by atoms with Crippen molar-refractivity contribution in [2.24, 2.45) is 5.92 Å². The van der Waals surface area contributed by atoms with Crippen molar-refractivity contribution in [2.45, 2.75) is 57.0 Å². The Hall–Kier alpha value is -1.75. The van der Waals surface area contributed by atoms with Crippen LogP contribution in [0.4, 0.5) is 0 Å². The Morgan fingerprint density at radius 3 is 2.56 bits per heavy atom. The number of aliphatic hydroxyl groups is 1. The Kier molecular flexibility index (Phi) is 4.84. The fourth-order valence-corrected chi connectivity index (χ4v) is 4.45. The van der Waals surface area contributed by atoms with E-state index in [2.05, 4.69) is 0 Å². The van der Waals surface area contributed by atoms with Gasteiger partial charge in [-0.3, -0.25) is 4.79 Å². The molecule has 1 saturated carbocycles. The SMILES string of the molecule is O=C(C1CCCCCC1)N1CC[C@@H](c2ccc3c(c2)OCO3)[C@H](O)C1. The molecule has 0 unspecified atom stereocenters. The molecule has 1 N–H and O–H groups in total. The number of fused-ring (bicyclic) bond motifs is 1. The van der Waals surface area contributed by atoms with Crippen LogP contribution in [-0.2, 0) is 4.79 Å². The van der Waals surface area contributed by atoms with Gasteiger partial charge in [-0.2, -0.15) is 0 Å². The van der Waals surface area contributed by atoms with Gasteiger partial charge in [-0.15, -0.1) is 0 Å². The molecule has 2 heterocycles. The fraction of sp³-hybridized carbons (Fsp3) is 0.650. The largest absolute Gasteiger partial charge is 0.454 e. The van der Waals surface area contributed by atoms with Crippen LogP contribution >= 0.6 is 0 Å². The van der Waals surface area contributed by atoms with E-state index in [1.54, 1.807) is 0 Å². The van der Waals surface area contributed by atoms with Crippen LogP contribution in [-0.4, -0.2) is 41.9 Å². The van der Waals surface area contributed by atoms with Crippen molar-refractivity contribution in [2.75, 3.05) is 19.9 Å². The average molecular weight is 345 g/mol. The minimum Gasteiger partial charge on any atom is -0.454 e. The van der Waals surface area contributed by atoms with Crippen LogP contribution in [0, 0.1) is 5.92 Å². The lowest BCUT2D eigenvalue weighted by atomic mass is 9.86. The molecule has 5 heteroatoms. The number of rotatable bonds is 2. The summed E-state index contributed by atoms with van der Waals surface area (Å²) in [5, 5.41) is 10.7. The van der Waals surface area contributed by atoms with Crippen molar-refractivity contribution in [3.8, 4) is 11.5 Å². The van der Waals surface area contributed by atoms with E-state index in [-0.39, 0.29) is 24.5 Å². The maximum Gasteiger partial charge on any atom is 0.231 e. The van der Waals surface area contributed by atoms with Gasteiger partial charge in [0.15, 0.2) is 11.5 Å². The molecule has 1 amide bonds. The van der Waals surface area contributed by atoms with E-state index in [0.717, 1.165) is 55.7 Å². The Morgan fingerprint density at radius 1 is 1.04 bits per heavy atom. The zero-order valence-electron chi connectivity index (χ0n) is 14.7. The van der Waals surface area contributed by atoms with Gasteiger partial charge < -0.3 is 19.5 Å². The van der Waals surface area contributed by atoms with Crippen molar-refractivity contribution in [3.63, 3.8) is 0 Å². The molecule has 1 aliphatic carbocycles. The van der Waals surface area contributed by atoms with Crippen molar-refractivity contribution in [1.82, 2.24) is 4.90 Å². The fourth-order valence-electron chi connectivity index (χ4n) is 4.45. The lowest BCUT2D eigenvalue weighted by molar-refractivity contribution is -0.139. The van der Waals surface area contributed by atoms with E-state index in [1.165, 1.54) is 12.8 Å². The molecule has 1 aromatic rings. The summed E-state index contributed by atoms with van der Waals surface area (Å²) in [6.45, 7) is 1.43. The Bertz CT molecular complexity index is 624. The summed E-state index contributed by atoms with van der Waals surface area (Å²) in [5.41, 5.74) is 1.07. The van der Waals surface area contributed by atoms with E-state index in [9.17, 15) is 9.90 Å². The van der Waals surface area contributed by atoms with Gasteiger partial charge in [0.05, 0.1) is 6.10 Å². The second kappa shape index (κ2) is 7.24. The Labute approximate surface area is 148 Å². The molecule has 2 fully saturated rings. The summed E-state index contributed by atoms with van der Waals surface area (Å²) in [5.74, 6) is 1.98. The monoisotopic (exact) mass is 345 g/mol. The summed E-state index contributed by atoms with van der Waals surface area (Å²) >= 11 is 0. The highest BCUT2D eigenvalue weighted by atomic mass is 16.7. The van der Waals surface area contributed by atoms with Crippen LogP contribution in [0.1, 0.15) is 56.4 Å². The van der Waals surface area contributed by atoms with Gasteiger partial charge in [0, 0.05) is 24.9 Å². The molecule has 0 spiro atoms. The van der Waals surface area contributed by atoms with Gasteiger partial charge in [-0.05, 0) is 37.0 Å².